The van der Waals surface area contributed by atoms with Crippen molar-refractivity contribution < 1.29 is 19.0 Å². The van der Waals surface area contributed by atoms with Crippen molar-refractivity contribution in [3.63, 3.8) is 0 Å². The summed E-state index contributed by atoms with van der Waals surface area (Å²) in [5.74, 6) is 1.57. The van der Waals surface area contributed by atoms with Crippen LogP contribution in [0.25, 0.3) is 0 Å². The van der Waals surface area contributed by atoms with E-state index in [-0.39, 0.29) is 5.91 Å². The van der Waals surface area contributed by atoms with Gasteiger partial charge in [0.1, 0.15) is 18.1 Å². The molecule has 1 aliphatic rings. The van der Waals surface area contributed by atoms with E-state index in [1.165, 1.54) is 0 Å². The topological polar surface area (TPSA) is 48.0 Å². The third-order valence-electron chi connectivity index (χ3n) is 4.29. The van der Waals surface area contributed by atoms with Gasteiger partial charge in [-0.15, -0.1) is 0 Å². The lowest BCUT2D eigenvalue weighted by molar-refractivity contribution is 0.0302. The summed E-state index contributed by atoms with van der Waals surface area (Å²) in [5.41, 5.74) is 2.66. The van der Waals surface area contributed by atoms with Gasteiger partial charge in [-0.2, -0.15) is 0 Å². The number of ether oxygens (including phenoxy) is 3. The first-order chi connectivity index (χ1) is 12.7. The van der Waals surface area contributed by atoms with Crippen LogP contribution < -0.4 is 9.47 Å². The Morgan fingerprint density at radius 3 is 2.65 bits per heavy atom. The van der Waals surface area contributed by atoms with E-state index in [4.69, 9.17) is 14.2 Å². The molecule has 0 unspecified atom stereocenters. The molecule has 0 radical (unpaired) electrons. The first-order valence-electron chi connectivity index (χ1n) is 8.99. The number of nitrogens with zero attached hydrogens (tertiary/aromatic N) is 1. The van der Waals surface area contributed by atoms with Gasteiger partial charge in [0.15, 0.2) is 0 Å². The van der Waals surface area contributed by atoms with Crippen molar-refractivity contribution >= 4 is 5.91 Å². The fraction of sp³-hybridized carbons (Fsp3) is 0.381. The molecule has 0 aliphatic carbocycles. The summed E-state index contributed by atoms with van der Waals surface area (Å²) in [7, 11) is 0. The third-order valence-corrected chi connectivity index (χ3v) is 4.29. The average Bonchev–Trinajstić information content (AvgIpc) is 2.67. The minimum atomic E-state index is 0.0214. The Kier molecular flexibility index (Phi) is 6.12. The number of benzene rings is 2. The zero-order valence-corrected chi connectivity index (χ0v) is 15.4. The van der Waals surface area contributed by atoms with Gasteiger partial charge in [-0.1, -0.05) is 12.1 Å². The number of aryl methyl sites for hydroxylation is 1. The molecule has 1 saturated heterocycles. The summed E-state index contributed by atoms with van der Waals surface area (Å²) in [6, 6.07) is 13.5. The number of carbonyl (C=O) groups is 1. The maximum atomic E-state index is 12.7. The van der Waals surface area contributed by atoms with Gasteiger partial charge in [0.25, 0.3) is 5.91 Å². The van der Waals surface area contributed by atoms with E-state index in [9.17, 15) is 4.79 Å². The second-order valence-corrected chi connectivity index (χ2v) is 6.27. The van der Waals surface area contributed by atoms with Crippen LogP contribution in [-0.2, 0) is 11.3 Å². The maximum Gasteiger partial charge on any atom is 0.254 e. The lowest BCUT2D eigenvalue weighted by Crippen LogP contribution is -2.40. The SMILES string of the molecule is CCOc1ccc(C(=O)N2CCOCC2)cc1COc1cccc(C)c1. The minimum absolute atomic E-state index is 0.0214. The first kappa shape index (κ1) is 18.3. The maximum absolute atomic E-state index is 12.7. The number of hydrogen-bond acceptors (Lipinski definition) is 4. The summed E-state index contributed by atoms with van der Waals surface area (Å²) < 4.78 is 16.9. The number of amides is 1. The lowest BCUT2D eigenvalue weighted by Gasteiger charge is -2.27. The highest BCUT2D eigenvalue weighted by Gasteiger charge is 2.20. The van der Waals surface area contributed by atoms with E-state index in [1.807, 2.05) is 61.2 Å². The molecule has 0 N–H and O–H groups in total. The molecule has 0 aromatic heterocycles. The summed E-state index contributed by atoms with van der Waals surface area (Å²) in [6.45, 7) is 7.32. The molecule has 0 saturated carbocycles. The van der Waals surface area contributed by atoms with Gasteiger partial charge in [-0.25, -0.2) is 0 Å². The Bertz CT molecular complexity index is 753. The molecule has 5 heteroatoms. The van der Waals surface area contributed by atoms with Gasteiger partial charge in [-0.3, -0.25) is 4.79 Å². The second kappa shape index (κ2) is 8.72. The first-order valence-corrected chi connectivity index (χ1v) is 8.99. The molecule has 0 spiro atoms. The Balaban J connectivity index is 1.78. The van der Waals surface area contributed by atoms with E-state index in [2.05, 4.69) is 0 Å². The van der Waals surface area contributed by atoms with Crippen molar-refractivity contribution in [3.8, 4) is 11.5 Å². The van der Waals surface area contributed by atoms with Gasteiger partial charge in [0.2, 0.25) is 0 Å². The predicted molar refractivity (Wildman–Crippen MR) is 99.8 cm³/mol. The molecule has 2 aromatic carbocycles. The van der Waals surface area contributed by atoms with E-state index in [1.54, 1.807) is 0 Å². The molecule has 0 atom stereocenters. The van der Waals surface area contributed by atoms with Gasteiger partial charge >= 0.3 is 0 Å². The van der Waals surface area contributed by atoms with Crippen molar-refractivity contribution in [1.82, 2.24) is 4.90 Å². The lowest BCUT2D eigenvalue weighted by atomic mass is 10.1. The van der Waals surface area contributed by atoms with Crippen LogP contribution in [0.5, 0.6) is 11.5 Å². The van der Waals surface area contributed by atoms with Crippen LogP contribution in [0.4, 0.5) is 0 Å². The Labute approximate surface area is 154 Å². The molecule has 3 rings (SSSR count). The van der Waals surface area contributed by atoms with Gasteiger partial charge < -0.3 is 19.1 Å². The third kappa shape index (κ3) is 4.55. The largest absolute Gasteiger partial charge is 0.493 e. The molecule has 26 heavy (non-hydrogen) atoms. The summed E-state index contributed by atoms with van der Waals surface area (Å²) in [6.07, 6.45) is 0. The Morgan fingerprint density at radius 1 is 1.12 bits per heavy atom. The predicted octanol–water partition coefficient (Wildman–Crippen LogP) is 3.45. The monoisotopic (exact) mass is 355 g/mol. The molecule has 1 amide bonds. The average molecular weight is 355 g/mol. The quantitative estimate of drug-likeness (QED) is 0.796. The number of rotatable bonds is 6. The van der Waals surface area contributed by atoms with E-state index in [0.29, 0.717) is 45.1 Å². The summed E-state index contributed by atoms with van der Waals surface area (Å²) >= 11 is 0. The molecular formula is C21H25NO4. The summed E-state index contributed by atoms with van der Waals surface area (Å²) in [5, 5.41) is 0. The van der Waals surface area contributed by atoms with Gasteiger partial charge in [-0.05, 0) is 49.7 Å². The van der Waals surface area contributed by atoms with E-state index < -0.39 is 0 Å². The number of morpholine rings is 1. The highest BCUT2D eigenvalue weighted by atomic mass is 16.5. The Hall–Kier alpha value is -2.53. The molecule has 1 fully saturated rings. The van der Waals surface area contributed by atoms with Crippen LogP contribution in [0, 0.1) is 6.92 Å². The number of hydrogen-bond donors (Lipinski definition) is 0. The molecule has 1 heterocycles. The highest BCUT2D eigenvalue weighted by Crippen LogP contribution is 2.24. The van der Waals surface area contributed by atoms with E-state index >= 15 is 0 Å². The Morgan fingerprint density at radius 2 is 1.92 bits per heavy atom. The van der Waals surface area contributed by atoms with Crippen LogP contribution in [-0.4, -0.2) is 43.7 Å². The van der Waals surface area contributed by atoms with Crippen LogP contribution in [0.15, 0.2) is 42.5 Å². The van der Waals surface area contributed by atoms with Gasteiger partial charge in [0.05, 0.1) is 19.8 Å². The normalized spacial score (nSPS) is 14.2. The minimum Gasteiger partial charge on any atom is -0.493 e. The summed E-state index contributed by atoms with van der Waals surface area (Å²) in [4.78, 5) is 14.6. The smallest absolute Gasteiger partial charge is 0.254 e. The molecule has 2 aromatic rings. The van der Waals surface area contributed by atoms with Crippen LogP contribution >= 0.6 is 0 Å². The fourth-order valence-electron chi connectivity index (χ4n) is 2.94. The van der Waals surface area contributed by atoms with Crippen molar-refractivity contribution in [2.45, 2.75) is 20.5 Å². The second-order valence-electron chi connectivity index (χ2n) is 6.27. The van der Waals surface area contributed by atoms with Crippen LogP contribution in [0.3, 0.4) is 0 Å². The molecule has 5 nitrogen and oxygen atoms in total. The van der Waals surface area contributed by atoms with Crippen LogP contribution in [0.1, 0.15) is 28.4 Å². The standard InChI is InChI=1S/C21H25NO4/c1-3-25-20-8-7-17(21(23)22-9-11-24-12-10-22)14-18(20)15-26-19-6-4-5-16(2)13-19/h4-8,13-14H,3,9-12,15H2,1-2H3. The van der Waals surface area contributed by atoms with Crippen molar-refractivity contribution in [3.05, 3.63) is 59.2 Å². The van der Waals surface area contributed by atoms with Crippen molar-refractivity contribution in [2.24, 2.45) is 0 Å². The van der Waals surface area contributed by atoms with Gasteiger partial charge in [0, 0.05) is 24.2 Å². The number of carbonyl (C=O) groups excluding carboxylic acids is 1. The fourth-order valence-corrected chi connectivity index (χ4v) is 2.94. The van der Waals surface area contributed by atoms with Crippen molar-refractivity contribution in [1.29, 1.82) is 0 Å². The zero-order chi connectivity index (χ0) is 18.4. The molecule has 138 valence electrons. The van der Waals surface area contributed by atoms with E-state index in [0.717, 1.165) is 22.6 Å². The molecular weight excluding hydrogens is 330 g/mol. The van der Waals surface area contributed by atoms with Crippen LogP contribution in [0.2, 0.25) is 0 Å². The molecule has 1 aliphatic heterocycles. The molecule has 0 bridgehead atoms. The zero-order valence-electron chi connectivity index (χ0n) is 15.4. The highest BCUT2D eigenvalue weighted by molar-refractivity contribution is 5.94. The van der Waals surface area contributed by atoms with Crippen molar-refractivity contribution in [2.75, 3.05) is 32.9 Å².